The maximum Gasteiger partial charge on any atom is 0.488 e. The molecule has 2 aromatic carbocycles. The van der Waals surface area contributed by atoms with Gasteiger partial charge in [-0.05, 0) is 30.9 Å². The van der Waals surface area contributed by atoms with Crippen molar-refractivity contribution < 1.29 is 18.5 Å². The maximum absolute atomic E-state index is 12.0. The monoisotopic (exact) mass is 319 g/mol. The molecule has 3 N–H and O–H groups in total. The number of hydrogen-bond acceptors (Lipinski definition) is 4. The van der Waals surface area contributed by atoms with Crippen LogP contribution in [0.1, 0.15) is 13.8 Å². The molecule has 2 aromatic rings. The van der Waals surface area contributed by atoms with Crippen LogP contribution < -0.4 is 10.2 Å². The van der Waals surface area contributed by atoms with Crippen LogP contribution in [0.2, 0.25) is 0 Å². The van der Waals surface area contributed by atoms with E-state index in [1.807, 2.05) is 12.1 Å². The summed E-state index contributed by atoms with van der Waals surface area (Å²) in [5, 5.41) is 17.7. The van der Waals surface area contributed by atoms with Gasteiger partial charge in [-0.1, -0.05) is 42.5 Å². The molecule has 0 aromatic heterocycles. The molecule has 0 radical (unpaired) electrons. The first-order chi connectivity index (χ1) is 10.3. The highest BCUT2D eigenvalue weighted by atomic mass is 32.2. The standard InChI is InChI=1S/C15H18BNO4S/c1-11(2)22(20,21)17-15-6-4-3-5-14(15)12-7-9-13(10-8-12)16(18)19/h3-11,17-19H,1-2H3. The molecule has 22 heavy (non-hydrogen) atoms. The molecule has 0 saturated heterocycles. The van der Waals surface area contributed by atoms with Crippen molar-refractivity contribution in [2.75, 3.05) is 4.72 Å². The molecule has 0 fully saturated rings. The molecule has 0 bridgehead atoms. The van der Waals surface area contributed by atoms with Gasteiger partial charge in [-0.15, -0.1) is 0 Å². The zero-order chi connectivity index (χ0) is 16.3. The number of benzene rings is 2. The Hall–Kier alpha value is -1.83. The predicted octanol–water partition coefficient (Wildman–Crippen LogP) is 1.18. The van der Waals surface area contributed by atoms with Crippen molar-refractivity contribution in [2.45, 2.75) is 19.1 Å². The lowest BCUT2D eigenvalue weighted by Gasteiger charge is -2.15. The van der Waals surface area contributed by atoms with Crippen LogP contribution in [0.3, 0.4) is 0 Å². The second-order valence-electron chi connectivity index (χ2n) is 5.24. The number of rotatable bonds is 5. The molecule has 0 atom stereocenters. The van der Waals surface area contributed by atoms with E-state index in [4.69, 9.17) is 10.0 Å². The van der Waals surface area contributed by atoms with Crippen molar-refractivity contribution in [3.8, 4) is 11.1 Å². The third-order valence-electron chi connectivity index (χ3n) is 3.32. The third-order valence-corrected chi connectivity index (χ3v) is 5.07. The summed E-state index contributed by atoms with van der Waals surface area (Å²) in [6, 6.07) is 13.7. The van der Waals surface area contributed by atoms with Crippen LogP contribution in [0.15, 0.2) is 48.5 Å². The van der Waals surface area contributed by atoms with E-state index in [2.05, 4.69) is 4.72 Å². The van der Waals surface area contributed by atoms with Crippen LogP contribution in [0.4, 0.5) is 5.69 Å². The molecule has 5 nitrogen and oxygen atoms in total. The van der Waals surface area contributed by atoms with Gasteiger partial charge in [-0.25, -0.2) is 8.42 Å². The summed E-state index contributed by atoms with van der Waals surface area (Å²) < 4.78 is 26.7. The fourth-order valence-electron chi connectivity index (χ4n) is 1.93. The van der Waals surface area contributed by atoms with Crippen molar-refractivity contribution in [3.63, 3.8) is 0 Å². The lowest BCUT2D eigenvalue weighted by Crippen LogP contribution is -2.29. The molecular formula is C15H18BNO4S. The number of para-hydroxylation sites is 1. The number of nitrogens with one attached hydrogen (secondary N) is 1. The molecule has 0 saturated carbocycles. The van der Waals surface area contributed by atoms with Gasteiger partial charge in [-0.3, -0.25) is 4.72 Å². The minimum Gasteiger partial charge on any atom is -0.423 e. The highest BCUT2D eigenvalue weighted by Gasteiger charge is 2.18. The summed E-state index contributed by atoms with van der Waals surface area (Å²) >= 11 is 0. The van der Waals surface area contributed by atoms with Crippen LogP contribution in [-0.2, 0) is 10.0 Å². The van der Waals surface area contributed by atoms with E-state index in [0.717, 1.165) is 11.1 Å². The average Bonchev–Trinajstić information content (AvgIpc) is 2.47. The van der Waals surface area contributed by atoms with Crippen molar-refractivity contribution in [2.24, 2.45) is 0 Å². The summed E-state index contributed by atoms with van der Waals surface area (Å²) in [7, 11) is -4.96. The van der Waals surface area contributed by atoms with Gasteiger partial charge in [0.15, 0.2) is 0 Å². The highest BCUT2D eigenvalue weighted by Crippen LogP contribution is 2.28. The second kappa shape index (κ2) is 6.52. The molecule has 0 heterocycles. The second-order valence-corrected chi connectivity index (χ2v) is 7.47. The smallest absolute Gasteiger partial charge is 0.423 e. The quantitative estimate of drug-likeness (QED) is 0.723. The van der Waals surface area contributed by atoms with Crippen LogP contribution in [-0.4, -0.2) is 30.8 Å². The Morgan fingerprint density at radius 1 is 1.00 bits per heavy atom. The molecule has 0 aliphatic carbocycles. The van der Waals surface area contributed by atoms with E-state index >= 15 is 0 Å². The molecular weight excluding hydrogens is 301 g/mol. The van der Waals surface area contributed by atoms with Crippen molar-refractivity contribution in [3.05, 3.63) is 48.5 Å². The van der Waals surface area contributed by atoms with E-state index in [1.165, 1.54) is 0 Å². The Kier molecular flexibility index (Phi) is 4.90. The highest BCUT2D eigenvalue weighted by molar-refractivity contribution is 7.93. The van der Waals surface area contributed by atoms with Gasteiger partial charge in [0.2, 0.25) is 10.0 Å². The lowest BCUT2D eigenvalue weighted by molar-refractivity contribution is 0.426. The first-order valence-corrected chi connectivity index (χ1v) is 8.43. The van der Waals surface area contributed by atoms with Gasteiger partial charge in [0, 0.05) is 5.56 Å². The van der Waals surface area contributed by atoms with Gasteiger partial charge in [0.05, 0.1) is 10.9 Å². The minimum absolute atomic E-state index is 0.379. The van der Waals surface area contributed by atoms with E-state index in [-0.39, 0.29) is 0 Å². The van der Waals surface area contributed by atoms with Crippen LogP contribution in [0.5, 0.6) is 0 Å². The predicted molar refractivity (Wildman–Crippen MR) is 89.4 cm³/mol. The molecule has 0 aliphatic heterocycles. The van der Waals surface area contributed by atoms with Crippen molar-refractivity contribution in [1.29, 1.82) is 0 Å². The van der Waals surface area contributed by atoms with Gasteiger partial charge in [0.1, 0.15) is 0 Å². The molecule has 2 rings (SSSR count). The topological polar surface area (TPSA) is 86.6 Å². The Bertz CT molecular complexity index is 742. The van der Waals surface area contributed by atoms with E-state index in [1.54, 1.807) is 50.2 Å². The summed E-state index contributed by atoms with van der Waals surface area (Å²) in [6.45, 7) is 3.23. The van der Waals surface area contributed by atoms with Crippen LogP contribution in [0, 0.1) is 0 Å². The zero-order valence-electron chi connectivity index (χ0n) is 12.4. The molecule has 0 amide bonds. The molecule has 0 spiro atoms. The van der Waals surface area contributed by atoms with Crippen LogP contribution in [0.25, 0.3) is 11.1 Å². The van der Waals surface area contributed by atoms with Gasteiger partial charge >= 0.3 is 7.12 Å². The first-order valence-electron chi connectivity index (χ1n) is 6.88. The van der Waals surface area contributed by atoms with Crippen molar-refractivity contribution in [1.82, 2.24) is 0 Å². The Morgan fingerprint density at radius 2 is 1.59 bits per heavy atom. The Balaban J connectivity index is 2.40. The fourth-order valence-corrected chi connectivity index (χ4v) is 2.65. The first kappa shape index (κ1) is 16.5. The summed E-state index contributed by atoms with van der Waals surface area (Å²) in [4.78, 5) is 0. The summed E-state index contributed by atoms with van der Waals surface area (Å²) in [5.41, 5.74) is 2.38. The minimum atomic E-state index is -3.43. The number of hydrogen-bond donors (Lipinski definition) is 3. The summed E-state index contributed by atoms with van der Waals surface area (Å²) in [5.74, 6) is 0. The molecule has 0 aliphatic rings. The number of anilines is 1. The fraction of sp³-hybridized carbons (Fsp3) is 0.200. The Labute approximate surface area is 130 Å². The molecule has 0 unspecified atom stereocenters. The lowest BCUT2D eigenvalue weighted by atomic mass is 9.80. The van der Waals surface area contributed by atoms with Gasteiger partial charge < -0.3 is 10.0 Å². The zero-order valence-corrected chi connectivity index (χ0v) is 13.2. The van der Waals surface area contributed by atoms with E-state index in [0.29, 0.717) is 11.2 Å². The third kappa shape index (κ3) is 3.68. The largest absolute Gasteiger partial charge is 0.488 e. The Morgan fingerprint density at radius 3 is 2.14 bits per heavy atom. The molecule has 116 valence electrons. The normalized spacial score (nSPS) is 11.5. The van der Waals surface area contributed by atoms with Crippen molar-refractivity contribution >= 4 is 28.3 Å². The van der Waals surface area contributed by atoms with Gasteiger partial charge in [0.25, 0.3) is 0 Å². The van der Waals surface area contributed by atoms with E-state index < -0.39 is 22.4 Å². The van der Waals surface area contributed by atoms with Crippen LogP contribution >= 0.6 is 0 Å². The van der Waals surface area contributed by atoms with Gasteiger partial charge in [-0.2, -0.15) is 0 Å². The van der Waals surface area contributed by atoms with E-state index in [9.17, 15) is 8.42 Å². The maximum atomic E-state index is 12.0. The summed E-state index contributed by atoms with van der Waals surface area (Å²) in [6.07, 6.45) is 0. The molecule has 7 heteroatoms. The number of sulfonamides is 1. The average molecular weight is 319 g/mol. The SMILES string of the molecule is CC(C)S(=O)(=O)Nc1ccccc1-c1ccc(B(O)O)cc1.